The normalized spacial score (nSPS) is 12.7. The molecule has 2 N–H and O–H groups in total. The van der Waals surface area contributed by atoms with Gasteiger partial charge in [0.25, 0.3) is 0 Å². The largest absolute Gasteiger partial charge is 0.361 e. The molecule has 3 aromatic rings. The van der Waals surface area contributed by atoms with E-state index in [1.54, 1.807) is 0 Å². The van der Waals surface area contributed by atoms with E-state index in [0.29, 0.717) is 6.04 Å². The predicted molar refractivity (Wildman–Crippen MR) is 77.8 cm³/mol. The Morgan fingerprint density at radius 2 is 2.00 bits per heavy atom. The Kier molecular flexibility index (Phi) is 3.29. The van der Waals surface area contributed by atoms with Crippen molar-refractivity contribution in [3.63, 3.8) is 0 Å². The van der Waals surface area contributed by atoms with Crippen molar-refractivity contribution in [3.8, 4) is 0 Å². The van der Waals surface area contributed by atoms with Crippen molar-refractivity contribution < 1.29 is 0 Å². The molecule has 3 nitrogen and oxygen atoms in total. The summed E-state index contributed by atoms with van der Waals surface area (Å²) in [6, 6.07) is 12.9. The van der Waals surface area contributed by atoms with Gasteiger partial charge in [0.05, 0.1) is 0 Å². The number of nitrogens with one attached hydrogen (secondary N) is 2. The highest BCUT2D eigenvalue weighted by molar-refractivity contribution is 5.82. The van der Waals surface area contributed by atoms with Crippen LogP contribution in [-0.4, -0.2) is 9.97 Å². The minimum atomic E-state index is 0.317. The third-order valence-corrected chi connectivity index (χ3v) is 3.49. The van der Waals surface area contributed by atoms with Gasteiger partial charge in [0.15, 0.2) is 0 Å². The summed E-state index contributed by atoms with van der Waals surface area (Å²) in [4.78, 5) is 7.29. The molecular weight excluding hydrogens is 234 g/mol. The maximum Gasteiger partial charge on any atom is 0.0457 e. The first-order valence-electron chi connectivity index (χ1n) is 6.53. The van der Waals surface area contributed by atoms with Crippen molar-refractivity contribution in [3.05, 3.63) is 66.1 Å². The van der Waals surface area contributed by atoms with Crippen LogP contribution in [0.15, 0.2) is 55.0 Å². The molecule has 0 aliphatic heterocycles. The predicted octanol–water partition coefficient (Wildman–Crippen LogP) is 3.41. The van der Waals surface area contributed by atoms with Gasteiger partial charge in [-0.3, -0.25) is 4.98 Å². The summed E-state index contributed by atoms with van der Waals surface area (Å²) in [5, 5.41) is 4.84. The summed E-state index contributed by atoms with van der Waals surface area (Å²) >= 11 is 0. The van der Waals surface area contributed by atoms with Crippen LogP contribution < -0.4 is 5.32 Å². The number of nitrogens with zero attached hydrogens (tertiary/aromatic N) is 1. The lowest BCUT2D eigenvalue weighted by atomic mass is 10.1. The third-order valence-electron chi connectivity index (χ3n) is 3.49. The Morgan fingerprint density at radius 1 is 1.16 bits per heavy atom. The molecule has 0 amide bonds. The molecule has 2 heterocycles. The second-order valence-corrected chi connectivity index (χ2v) is 4.74. The number of aromatic nitrogens is 2. The Labute approximate surface area is 112 Å². The second kappa shape index (κ2) is 5.24. The van der Waals surface area contributed by atoms with Gasteiger partial charge in [-0.25, -0.2) is 0 Å². The Bertz CT molecular complexity index is 658. The van der Waals surface area contributed by atoms with Gasteiger partial charge in [0, 0.05) is 42.1 Å². The maximum absolute atomic E-state index is 4.05. The molecule has 1 aromatic carbocycles. The molecule has 0 saturated heterocycles. The van der Waals surface area contributed by atoms with Crippen LogP contribution in [0, 0.1) is 0 Å². The number of pyridine rings is 1. The van der Waals surface area contributed by atoms with Crippen molar-refractivity contribution in [1.82, 2.24) is 15.3 Å². The Balaban J connectivity index is 1.74. The highest BCUT2D eigenvalue weighted by atomic mass is 14.9. The summed E-state index contributed by atoms with van der Waals surface area (Å²) in [6.07, 6.45) is 5.65. The van der Waals surface area contributed by atoms with E-state index >= 15 is 0 Å². The zero-order valence-electron chi connectivity index (χ0n) is 10.9. The van der Waals surface area contributed by atoms with Gasteiger partial charge in [0.1, 0.15) is 0 Å². The van der Waals surface area contributed by atoms with E-state index in [2.05, 4.69) is 58.6 Å². The van der Waals surface area contributed by atoms with E-state index in [0.717, 1.165) is 6.54 Å². The number of aromatic amines is 1. The lowest BCUT2D eigenvalue weighted by molar-refractivity contribution is 0.576. The molecule has 0 aliphatic carbocycles. The van der Waals surface area contributed by atoms with Crippen LogP contribution in [0.3, 0.4) is 0 Å². The fourth-order valence-corrected chi connectivity index (χ4v) is 2.34. The van der Waals surface area contributed by atoms with E-state index in [1.807, 2.05) is 18.6 Å². The van der Waals surface area contributed by atoms with Crippen molar-refractivity contribution in [2.75, 3.05) is 0 Å². The number of hydrogen-bond acceptors (Lipinski definition) is 2. The molecule has 0 bridgehead atoms. The molecule has 1 atom stereocenters. The number of H-pyrrole nitrogens is 1. The fraction of sp³-hybridized carbons (Fsp3) is 0.188. The summed E-state index contributed by atoms with van der Waals surface area (Å²) in [5.41, 5.74) is 3.77. The zero-order valence-corrected chi connectivity index (χ0v) is 10.9. The molecule has 0 radical (unpaired) electrons. The van der Waals surface area contributed by atoms with E-state index < -0.39 is 0 Å². The lowest BCUT2D eigenvalue weighted by Gasteiger charge is -2.14. The van der Waals surface area contributed by atoms with E-state index in [1.165, 1.54) is 22.0 Å². The molecule has 96 valence electrons. The molecule has 0 spiro atoms. The smallest absolute Gasteiger partial charge is 0.0457 e. The fourth-order valence-electron chi connectivity index (χ4n) is 2.34. The summed E-state index contributed by atoms with van der Waals surface area (Å²) in [7, 11) is 0. The quantitative estimate of drug-likeness (QED) is 0.746. The molecular formula is C16H17N3. The standard InChI is InChI=1S/C16H17N3/c1-12(13-5-8-17-9-6-13)19-11-14-3-2-4-16-15(14)7-10-18-16/h2-10,12,18-19H,11H2,1H3. The first kappa shape index (κ1) is 11.9. The minimum Gasteiger partial charge on any atom is -0.361 e. The van der Waals surface area contributed by atoms with Crippen molar-refractivity contribution in [1.29, 1.82) is 0 Å². The SMILES string of the molecule is CC(NCc1cccc2[nH]ccc12)c1ccncc1. The van der Waals surface area contributed by atoms with Crippen molar-refractivity contribution >= 4 is 10.9 Å². The monoisotopic (exact) mass is 251 g/mol. The van der Waals surface area contributed by atoms with Crippen molar-refractivity contribution in [2.24, 2.45) is 0 Å². The van der Waals surface area contributed by atoms with Crippen LogP contribution in [0.25, 0.3) is 10.9 Å². The number of fused-ring (bicyclic) bond motifs is 1. The van der Waals surface area contributed by atoms with Crippen LogP contribution >= 0.6 is 0 Å². The van der Waals surface area contributed by atoms with Gasteiger partial charge in [-0.1, -0.05) is 12.1 Å². The van der Waals surface area contributed by atoms with Crippen LogP contribution in [0.5, 0.6) is 0 Å². The lowest BCUT2D eigenvalue weighted by Crippen LogP contribution is -2.18. The molecule has 0 fully saturated rings. The highest BCUT2D eigenvalue weighted by Crippen LogP contribution is 2.18. The van der Waals surface area contributed by atoms with Gasteiger partial charge in [0.2, 0.25) is 0 Å². The first-order chi connectivity index (χ1) is 9.34. The van der Waals surface area contributed by atoms with Gasteiger partial charge in [-0.15, -0.1) is 0 Å². The Morgan fingerprint density at radius 3 is 2.84 bits per heavy atom. The molecule has 0 aliphatic rings. The van der Waals surface area contributed by atoms with Gasteiger partial charge < -0.3 is 10.3 Å². The van der Waals surface area contributed by atoms with Crippen LogP contribution in [0.1, 0.15) is 24.1 Å². The van der Waals surface area contributed by atoms with E-state index in [9.17, 15) is 0 Å². The van der Waals surface area contributed by atoms with E-state index in [4.69, 9.17) is 0 Å². The van der Waals surface area contributed by atoms with Crippen LogP contribution in [-0.2, 0) is 6.54 Å². The molecule has 3 heteroatoms. The van der Waals surface area contributed by atoms with Gasteiger partial charge >= 0.3 is 0 Å². The van der Waals surface area contributed by atoms with Gasteiger partial charge in [-0.2, -0.15) is 0 Å². The summed E-state index contributed by atoms with van der Waals surface area (Å²) < 4.78 is 0. The molecule has 1 unspecified atom stereocenters. The molecule has 2 aromatic heterocycles. The topological polar surface area (TPSA) is 40.7 Å². The van der Waals surface area contributed by atoms with E-state index in [-0.39, 0.29) is 0 Å². The van der Waals surface area contributed by atoms with Crippen LogP contribution in [0.2, 0.25) is 0 Å². The minimum absolute atomic E-state index is 0.317. The second-order valence-electron chi connectivity index (χ2n) is 4.74. The molecule has 0 saturated carbocycles. The first-order valence-corrected chi connectivity index (χ1v) is 6.53. The van der Waals surface area contributed by atoms with Crippen LogP contribution in [0.4, 0.5) is 0 Å². The number of benzene rings is 1. The highest BCUT2D eigenvalue weighted by Gasteiger charge is 2.06. The molecule has 3 rings (SSSR count). The average Bonchev–Trinajstić information content (AvgIpc) is 2.94. The van der Waals surface area contributed by atoms with Crippen molar-refractivity contribution in [2.45, 2.75) is 19.5 Å². The zero-order chi connectivity index (χ0) is 13.1. The summed E-state index contributed by atoms with van der Waals surface area (Å²) in [6.45, 7) is 3.03. The average molecular weight is 251 g/mol. The maximum atomic E-state index is 4.05. The molecule has 19 heavy (non-hydrogen) atoms. The number of rotatable bonds is 4. The third kappa shape index (κ3) is 2.51. The number of hydrogen-bond donors (Lipinski definition) is 2. The summed E-state index contributed by atoms with van der Waals surface area (Å²) in [5.74, 6) is 0. The van der Waals surface area contributed by atoms with Gasteiger partial charge in [-0.05, 0) is 42.3 Å². The Hall–Kier alpha value is -2.13.